The number of benzene rings is 1. The molecule has 24 heavy (non-hydrogen) atoms. The normalized spacial score (nSPS) is 16.7. The van der Waals surface area contributed by atoms with Crippen molar-refractivity contribution >= 4 is 34.5 Å². The van der Waals surface area contributed by atoms with Crippen molar-refractivity contribution in [1.82, 2.24) is 5.16 Å². The molecule has 130 valence electrons. The first-order valence-corrected chi connectivity index (χ1v) is 7.91. The van der Waals surface area contributed by atoms with E-state index in [0.717, 1.165) is 0 Å². The topological polar surface area (TPSA) is 73.6 Å². The van der Waals surface area contributed by atoms with Crippen LogP contribution in [0.5, 0.6) is 0 Å². The molecule has 9 heteroatoms. The molecule has 2 heterocycles. The zero-order valence-electron chi connectivity index (χ0n) is 12.8. The summed E-state index contributed by atoms with van der Waals surface area (Å²) in [6.45, 7) is 2.46. The summed E-state index contributed by atoms with van der Waals surface area (Å²) in [5.41, 5.74) is -0.323. The summed E-state index contributed by atoms with van der Waals surface area (Å²) in [4.78, 5) is 10.9. The average Bonchev–Trinajstić information content (AvgIpc) is 3.19. The Labute approximate surface area is 141 Å². The summed E-state index contributed by atoms with van der Waals surface area (Å²) in [6.07, 6.45) is -0.154. The lowest BCUT2D eigenvalue weighted by Gasteiger charge is -2.13. The Kier molecular flexibility index (Phi) is 5.02. The van der Waals surface area contributed by atoms with Gasteiger partial charge in [-0.05, 0) is 19.4 Å². The molecule has 1 saturated heterocycles. The Hall–Kier alpha value is -1.71. The zero-order valence-corrected chi connectivity index (χ0v) is 13.7. The highest BCUT2D eigenvalue weighted by atomic mass is 32.1. The molecule has 6 nitrogen and oxygen atoms in total. The molecule has 1 aromatic heterocycles. The summed E-state index contributed by atoms with van der Waals surface area (Å²) in [6, 6.07) is 1.27. The Morgan fingerprint density at radius 1 is 1.42 bits per heavy atom. The van der Waals surface area contributed by atoms with Crippen LogP contribution in [-0.2, 0) is 14.3 Å². The number of carbonyl (C=O) groups is 1. The van der Waals surface area contributed by atoms with Gasteiger partial charge in [0.1, 0.15) is 0 Å². The van der Waals surface area contributed by atoms with Gasteiger partial charge < -0.3 is 19.3 Å². The molecule has 1 aliphatic heterocycles. The van der Waals surface area contributed by atoms with Crippen LogP contribution in [0.4, 0.5) is 14.6 Å². The second-order valence-electron chi connectivity index (χ2n) is 5.55. The summed E-state index contributed by atoms with van der Waals surface area (Å²) in [5, 5.41) is 6.84. The van der Waals surface area contributed by atoms with Gasteiger partial charge in [-0.1, -0.05) is 5.16 Å². The summed E-state index contributed by atoms with van der Waals surface area (Å²) < 4.78 is 43.8. The van der Waals surface area contributed by atoms with Crippen LogP contribution in [0, 0.1) is 11.6 Å². The molecule has 0 amide bonds. The molecule has 1 fully saturated rings. The number of hydrogen-bond donors (Lipinski definition) is 2. The molecule has 1 N–H and O–H groups in total. The van der Waals surface area contributed by atoms with Gasteiger partial charge in [0, 0.05) is 18.0 Å². The van der Waals surface area contributed by atoms with Crippen LogP contribution in [0.1, 0.15) is 31.6 Å². The Morgan fingerprint density at radius 3 is 2.79 bits per heavy atom. The quantitative estimate of drug-likeness (QED) is 0.773. The average molecular weight is 358 g/mol. The number of thiol groups is 1. The van der Waals surface area contributed by atoms with Crippen LogP contribution < -0.4 is 5.32 Å². The van der Waals surface area contributed by atoms with Crippen LogP contribution in [-0.4, -0.2) is 29.5 Å². The van der Waals surface area contributed by atoms with E-state index in [9.17, 15) is 13.6 Å². The van der Waals surface area contributed by atoms with Crippen LogP contribution >= 0.6 is 12.6 Å². The predicted octanol–water partition coefficient (Wildman–Crippen LogP) is 3.19. The lowest BCUT2D eigenvalue weighted by Crippen LogP contribution is -2.16. The van der Waals surface area contributed by atoms with E-state index in [1.54, 1.807) is 0 Å². The molecule has 3 rings (SSSR count). The van der Waals surface area contributed by atoms with Crippen molar-refractivity contribution in [2.45, 2.75) is 32.1 Å². The molecule has 1 atom stereocenters. The van der Waals surface area contributed by atoms with Crippen LogP contribution in [0.2, 0.25) is 0 Å². The Bertz CT molecular complexity index is 762. The summed E-state index contributed by atoms with van der Waals surface area (Å²) in [7, 11) is 0. The smallest absolute Gasteiger partial charge is 0.207 e. The summed E-state index contributed by atoms with van der Waals surface area (Å²) in [5.74, 6) is -1.95. The number of rotatable bonds is 6. The van der Waals surface area contributed by atoms with E-state index in [0.29, 0.717) is 19.6 Å². The van der Waals surface area contributed by atoms with Crippen molar-refractivity contribution in [3.8, 4) is 0 Å². The fourth-order valence-electron chi connectivity index (χ4n) is 2.49. The molecule has 0 aliphatic carbocycles. The SMILES string of the molecule is C[C@@H](CCC(=O)S)Nc1noc2c(F)c(F)c(C3OCCO3)cc12. The van der Waals surface area contributed by atoms with Crippen LogP contribution in [0.25, 0.3) is 11.0 Å². The van der Waals surface area contributed by atoms with Gasteiger partial charge in [0.15, 0.2) is 23.0 Å². The molecule has 0 bridgehead atoms. The van der Waals surface area contributed by atoms with E-state index in [4.69, 9.17) is 14.0 Å². The highest BCUT2D eigenvalue weighted by Gasteiger charge is 2.28. The van der Waals surface area contributed by atoms with E-state index in [1.807, 2.05) is 6.92 Å². The number of nitrogens with zero attached hydrogens (tertiary/aromatic N) is 1. The molecule has 0 radical (unpaired) electrons. The van der Waals surface area contributed by atoms with Crippen LogP contribution in [0.3, 0.4) is 0 Å². The first-order valence-electron chi connectivity index (χ1n) is 7.46. The molecular weight excluding hydrogens is 342 g/mol. The molecule has 0 spiro atoms. The van der Waals surface area contributed by atoms with E-state index in [-0.39, 0.29) is 39.9 Å². The Balaban J connectivity index is 1.90. The van der Waals surface area contributed by atoms with Crippen molar-refractivity contribution in [1.29, 1.82) is 0 Å². The number of hydrogen-bond acceptors (Lipinski definition) is 6. The molecule has 1 aromatic carbocycles. The van der Waals surface area contributed by atoms with Crippen molar-refractivity contribution < 1.29 is 27.6 Å². The summed E-state index contributed by atoms with van der Waals surface area (Å²) >= 11 is 3.71. The van der Waals surface area contributed by atoms with Crippen molar-refractivity contribution in [2.75, 3.05) is 18.5 Å². The van der Waals surface area contributed by atoms with Gasteiger partial charge in [-0.3, -0.25) is 4.79 Å². The van der Waals surface area contributed by atoms with Gasteiger partial charge in [-0.2, -0.15) is 4.39 Å². The number of fused-ring (bicyclic) bond motifs is 1. The van der Waals surface area contributed by atoms with Crippen LogP contribution in [0.15, 0.2) is 10.6 Å². The number of ether oxygens (including phenoxy) is 2. The Morgan fingerprint density at radius 2 is 2.12 bits per heavy atom. The fraction of sp³-hybridized carbons (Fsp3) is 0.467. The van der Waals surface area contributed by atoms with E-state index in [1.165, 1.54) is 6.07 Å². The van der Waals surface area contributed by atoms with Gasteiger partial charge in [-0.25, -0.2) is 4.39 Å². The van der Waals surface area contributed by atoms with E-state index in [2.05, 4.69) is 23.1 Å². The highest BCUT2D eigenvalue weighted by molar-refractivity contribution is 7.96. The molecule has 1 aliphatic rings. The third kappa shape index (κ3) is 3.38. The van der Waals surface area contributed by atoms with Gasteiger partial charge in [0.05, 0.1) is 18.6 Å². The molecule has 2 aromatic rings. The minimum absolute atomic E-state index is 0.0399. The number of carbonyl (C=O) groups excluding carboxylic acids is 1. The molecular formula is C15H16F2N2O4S. The first kappa shape index (κ1) is 17.1. The van der Waals surface area contributed by atoms with Gasteiger partial charge in [-0.15, -0.1) is 12.6 Å². The maximum absolute atomic E-state index is 14.2. The second-order valence-corrected chi connectivity index (χ2v) is 6.05. The van der Waals surface area contributed by atoms with Crippen molar-refractivity contribution in [3.63, 3.8) is 0 Å². The number of aromatic nitrogens is 1. The minimum Gasteiger partial charge on any atom is -0.364 e. The maximum Gasteiger partial charge on any atom is 0.207 e. The zero-order chi connectivity index (χ0) is 17.3. The largest absolute Gasteiger partial charge is 0.364 e. The van der Waals surface area contributed by atoms with Crippen molar-refractivity contribution in [2.24, 2.45) is 0 Å². The van der Waals surface area contributed by atoms with E-state index < -0.39 is 17.9 Å². The monoisotopic (exact) mass is 358 g/mol. The van der Waals surface area contributed by atoms with E-state index >= 15 is 0 Å². The second kappa shape index (κ2) is 7.04. The predicted molar refractivity (Wildman–Crippen MR) is 84.9 cm³/mol. The molecule has 0 saturated carbocycles. The standard InChI is InChI=1S/C15H16F2N2O4S/c1-7(2-3-10(20)24)18-14-9-6-8(15-21-4-5-22-15)11(16)12(17)13(9)23-19-14/h6-7,15H,2-5H2,1H3,(H,18,19)(H,20,24)/t7-/m0/s1. The lowest BCUT2D eigenvalue weighted by molar-refractivity contribution is -0.110. The van der Waals surface area contributed by atoms with Gasteiger partial charge in [0.25, 0.3) is 0 Å². The van der Waals surface area contributed by atoms with Gasteiger partial charge in [0.2, 0.25) is 11.4 Å². The highest BCUT2D eigenvalue weighted by Crippen LogP contribution is 2.34. The third-order valence-corrected chi connectivity index (χ3v) is 3.95. The van der Waals surface area contributed by atoms with Gasteiger partial charge >= 0.3 is 0 Å². The fourth-order valence-corrected chi connectivity index (χ4v) is 2.62. The third-order valence-electron chi connectivity index (χ3n) is 3.72. The first-order chi connectivity index (χ1) is 11.5. The van der Waals surface area contributed by atoms with Crippen molar-refractivity contribution in [3.05, 3.63) is 23.3 Å². The number of anilines is 1. The number of halogens is 2. The lowest BCUT2D eigenvalue weighted by atomic mass is 10.1. The minimum atomic E-state index is -1.14. The molecule has 0 unspecified atom stereocenters. The number of nitrogens with one attached hydrogen (secondary N) is 1. The maximum atomic E-state index is 14.2.